The molecule has 0 bridgehead atoms. The molecule has 0 spiro atoms. The number of H-pyrrole nitrogens is 1. The number of hydrogen-bond donors (Lipinski definition) is 2. The van der Waals surface area contributed by atoms with Crippen molar-refractivity contribution in [1.82, 2.24) is 9.88 Å². The summed E-state index contributed by atoms with van der Waals surface area (Å²) in [6.45, 7) is 5.76. The van der Waals surface area contributed by atoms with Gasteiger partial charge in [0.15, 0.2) is 0 Å². The van der Waals surface area contributed by atoms with Gasteiger partial charge in [-0.1, -0.05) is 35.6 Å². The molecule has 3 aromatic rings. The maximum Gasteiger partial charge on any atom is 0.307 e. The third kappa shape index (κ3) is 4.16. The summed E-state index contributed by atoms with van der Waals surface area (Å²) >= 11 is 1.01. The largest absolute Gasteiger partial charge is 0.494 e. The molecule has 4 rings (SSSR count). The molecule has 31 heavy (non-hydrogen) atoms. The van der Waals surface area contributed by atoms with Gasteiger partial charge < -0.3 is 19.6 Å². The second-order valence-electron chi connectivity index (χ2n) is 7.29. The highest BCUT2D eigenvalue weighted by Gasteiger charge is 2.36. The second-order valence-corrected chi connectivity index (χ2v) is 8.36. The van der Waals surface area contributed by atoms with E-state index in [1.807, 2.05) is 60.4 Å². The summed E-state index contributed by atoms with van der Waals surface area (Å²) in [6, 6.07) is 15.3. The highest BCUT2D eigenvalue weighted by atomic mass is 32.1. The number of aromatic nitrogens is 1. The Balaban J connectivity index is 1.48. The fourth-order valence-corrected chi connectivity index (χ4v) is 4.73. The van der Waals surface area contributed by atoms with Crippen LogP contribution in [0.1, 0.15) is 34.6 Å². The molecule has 0 saturated heterocycles. The van der Waals surface area contributed by atoms with Crippen LogP contribution in [0.3, 0.4) is 0 Å². The number of aromatic hydroxyl groups is 1. The van der Waals surface area contributed by atoms with Crippen LogP contribution < -0.4 is 14.5 Å². The van der Waals surface area contributed by atoms with E-state index in [2.05, 4.69) is 16.8 Å². The summed E-state index contributed by atoms with van der Waals surface area (Å²) in [5, 5.41) is 9.76. The van der Waals surface area contributed by atoms with Crippen LogP contribution in [-0.4, -0.2) is 46.8 Å². The zero-order valence-electron chi connectivity index (χ0n) is 17.5. The standard InChI is InChI=1S/C23H25N3O4S/c1-3-25-18-8-6-5-7-17(18)22(28)26(4-2)20(25)14-30-16-11-9-15(10-12-16)13-19-21(27)24-23(29)31-19/h5-12,20,27H,3-4,13-14H2,1-2H3,(H,24,29). The van der Waals surface area contributed by atoms with Crippen molar-refractivity contribution in [3.8, 4) is 11.6 Å². The lowest BCUT2D eigenvalue weighted by molar-refractivity contribution is 0.0595. The normalized spacial score (nSPS) is 15.8. The summed E-state index contributed by atoms with van der Waals surface area (Å²) in [6.07, 6.45) is 0.280. The van der Waals surface area contributed by atoms with Crippen molar-refractivity contribution in [1.29, 1.82) is 0 Å². The Morgan fingerprint density at radius 3 is 2.39 bits per heavy atom. The minimum Gasteiger partial charge on any atom is -0.494 e. The highest BCUT2D eigenvalue weighted by molar-refractivity contribution is 7.09. The van der Waals surface area contributed by atoms with E-state index in [-0.39, 0.29) is 22.8 Å². The van der Waals surface area contributed by atoms with Gasteiger partial charge >= 0.3 is 4.87 Å². The zero-order chi connectivity index (χ0) is 22.0. The number of rotatable bonds is 7. The lowest BCUT2D eigenvalue weighted by Crippen LogP contribution is -2.57. The molecule has 1 atom stereocenters. The molecule has 162 valence electrons. The van der Waals surface area contributed by atoms with E-state index in [9.17, 15) is 14.7 Å². The predicted octanol–water partition coefficient (Wildman–Crippen LogP) is 3.44. The molecule has 1 aromatic heterocycles. The molecule has 7 nitrogen and oxygen atoms in total. The number of likely N-dealkylation sites (N-methyl/N-ethyl adjacent to an activating group) is 2. The zero-order valence-corrected chi connectivity index (χ0v) is 18.3. The minimum atomic E-state index is -0.267. The second kappa shape index (κ2) is 8.85. The molecule has 0 saturated carbocycles. The van der Waals surface area contributed by atoms with E-state index in [4.69, 9.17) is 4.74 Å². The van der Waals surface area contributed by atoms with E-state index in [1.54, 1.807) is 0 Å². The third-order valence-corrected chi connectivity index (χ3v) is 6.36. The molecule has 0 aliphatic carbocycles. The first-order valence-corrected chi connectivity index (χ1v) is 11.1. The number of thiazole rings is 1. The maximum atomic E-state index is 13.0. The van der Waals surface area contributed by atoms with Crippen LogP contribution in [0, 0.1) is 0 Å². The summed E-state index contributed by atoms with van der Waals surface area (Å²) in [7, 11) is 0. The van der Waals surface area contributed by atoms with Crippen molar-refractivity contribution in [3.05, 3.63) is 74.2 Å². The Labute approximate surface area is 184 Å². The third-order valence-electron chi connectivity index (χ3n) is 5.49. The number of para-hydroxylation sites is 1. The molecule has 1 aliphatic heterocycles. The molecular formula is C23H25N3O4S. The lowest BCUT2D eigenvalue weighted by atomic mass is 10.1. The van der Waals surface area contributed by atoms with Crippen molar-refractivity contribution >= 4 is 22.9 Å². The van der Waals surface area contributed by atoms with Gasteiger partial charge in [-0.3, -0.25) is 14.6 Å². The van der Waals surface area contributed by atoms with Crippen molar-refractivity contribution in [2.24, 2.45) is 0 Å². The van der Waals surface area contributed by atoms with Crippen LogP contribution in [0.4, 0.5) is 5.69 Å². The van der Waals surface area contributed by atoms with Crippen LogP contribution in [0.15, 0.2) is 53.3 Å². The number of amides is 1. The van der Waals surface area contributed by atoms with Gasteiger partial charge in [-0.2, -0.15) is 0 Å². The van der Waals surface area contributed by atoms with Crippen LogP contribution in [0.5, 0.6) is 11.6 Å². The van der Waals surface area contributed by atoms with Crippen LogP contribution in [-0.2, 0) is 6.42 Å². The number of carbonyl (C=O) groups excluding carboxylic acids is 1. The van der Waals surface area contributed by atoms with E-state index < -0.39 is 0 Å². The Hall–Kier alpha value is -3.26. The number of nitrogens with zero attached hydrogens (tertiary/aromatic N) is 2. The topological polar surface area (TPSA) is 85.9 Å². The Bertz CT molecular complexity index is 1120. The predicted molar refractivity (Wildman–Crippen MR) is 121 cm³/mol. The van der Waals surface area contributed by atoms with Gasteiger partial charge in [-0.05, 0) is 43.7 Å². The molecule has 2 aromatic carbocycles. The van der Waals surface area contributed by atoms with Gasteiger partial charge in [-0.25, -0.2) is 0 Å². The van der Waals surface area contributed by atoms with Gasteiger partial charge in [0.05, 0.1) is 16.1 Å². The van der Waals surface area contributed by atoms with Gasteiger partial charge in [0, 0.05) is 19.5 Å². The number of carbonyl (C=O) groups is 1. The van der Waals surface area contributed by atoms with E-state index in [0.717, 1.165) is 34.7 Å². The first-order chi connectivity index (χ1) is 15.0. The van der Waals surface area contributed by atoms with Gasteiger partial charge in [-0.15, -0.1) is 0 Å². The fourth-order valence-electron chi connectivity index (χ4n) is 3.97. The molecule has 2 heterocycles. The summed E-state index contributed by atoms with van der Waals surface area (Å²) in [5.41, 5.74) is 2.63. The van der Waals surface area contributed by atoms with Crippen molar-refractivity contribution in [2.45, 2.75) is 26.4 Å². The van der Waals surface area contributed by atoms with E-state index in [1.165, 1.54) is 0 Å². The van der Waals surface area contributed by atoms with Crippen LogP contribution >= 0.6 is 11.3 Å². The fraction of sp³-hybridized carbons (Fsp3) is 0.304. The average molecular weight is 440 g/mol. The highest BCUT2D eigenvalue weighted by Crippen LogP contribution is 2.31. The molecule has 1 unspecified atom stereocenters. The summed E-state index contributed by atoms with van der Waals surface area (Å²) in [5.74, 6) is 0.655. The van der Waals surface area contributed by atoms with Crippen LogP contribution in [0.25, 0.3) is 0 Å². The summed E-state index contributed by atoms with van der Waals surface area (Å²) < 4.78 is 6.07. The van der Waals surface area contributed by atoms with Crippen molar-refractivity contribution in [3.63, 3.8) is 0 Å². The quantitative estimate of drug-likeness (QED) is 0.589. The Kier molecular flexibility index (Phi) is 5.99. The Morgan fingerprint density at radius 1 is 1.03 bits per heavy atom. The molecular weight excluding hydrogens is 414 g/mol. The number of nitrogens with one attached hydrogen (secondary N) is 1. The van der Waals surface area contributed by atoms with E-state index in [0.29, 0.717) is 30.2 Å². The smallest absolute Gasteiger partial charge is 0.307 e. The number of fused-ring (bicyclic) bond motifs is 1. The Morgan fingerprint density at radius 2 is 1.74 bits per heavy atom. The number of benzene rings is 2. The minimum absolute atomic E-state index is 0.0250. The molecule has 1 aliphatic rings. The first kappa shape index (κ1) is 21.0. The molecule has 2 N–H and O–H groups in total. The van der Waals surface area contributed by atoms with E-state index >= 15 is 0 Å². The van der Waals surface area contributed by atoms with Gasteiger partial charge in [0.1, 0.15) is 18.5 Å². The van der Waals surface area contributed by atoms with Crippen molar-refractivity contribution < 1.29 is 14.6 Å². The van der Waals surface area contributed by atoms with Gasteiger partial charge in [0.25, 0.3) is 5.91 Å². The summed E-state index contributed by atoms with van der Waals surface area (Å²) in [4.78, 5) is 31.1. The SMILES string of the molecule is CCN1C(=O)c2ccccc2N(CC)C1COc1ccc(Cc2sc(=O)[nH]c2O)cc1. The van der Waals surface area contributed by atoms with Gasteiger partial charge in [0.2, 0.25) is 5.88 Å². The molecule has 1 amide bonds. The van der Waals surface area contributed by atoms with Crippen LogP contribution in [0.2, 0.25) is 0 Å². The lowest BCUT2D eigenvalue weighted by Gasteiger charge is -2.44. The van der Waals surface area contributed by atoms with Crippen molar-refractivity contribution in [2.75, 3.05) is 24.6 Å². The molecule has 0 radical (unpaired) electrons. The number of aromatic amines is 1. The monoisotopic (exact) mass is 439 g/mol. The average Bonchev–Trinajstić information content (AvgIpc) is 3.10. The maximum absolute atomic E-state index is 13.0. The number of anilines is 1. The number of ether oxygens (including phenoxy) is 1. The molecule has 0 fully saturated rings. The first-order valence-electron chi connectivity index (χ1n) is 10.3. The molecule has 8 heteroatoms. The number of hydrogen-bond acceptors (Lipinski definition) is 6.